The summed E-state index contributed by atoms with van der Waals surface area (Å²) in [5.74, 6) is 6.68. The van der Waals surface area contributed by atoms with Crippen LogP contribution in [0.25, 0.3) is 17.2 Å². The number of aliphatic hydroxyl groups excluding tert-OH is 1. The van der Waals surface area contributed by atoms with E-state index in [1.54, 1.807) is 23.8 Å². The molecule has 0 aliphatic carbocycles. The number of aromatic nitrogens is 4. The zero-order chi connectivity index (χ0) is 25.4. The standard InChI is InChI=1S/C21H29ClN8O3S2/c1-3-32-10-12(2)33-20(16(31)9-30(25)8-14(23)15-11-34-21(24)29-15)35-17-6-13(22)7-28-18(17)19-26-4-5-27-19/h4-8,11-12,16,20,31H,3,9-10,23,25H2,1-2H3,(H2,24,29)(H,26,27)/b14-8-/t12?,16-,20?/m0/s1. The Morgan fingerprint density at radius 3 is 2.89 bits per heavy atom. The first-order valence-corrected chi connectivity index (χ1v) is 12.8. The van der Waals surface area contributed by atoms with Crippen molar-refractivity contribution in [1.29, 1.82) is 0 Å². The molecule has 0 aliphatic heterocycles. The lowest BCUT2D eigenvalue weighted by Crippen LogP contribution is -2.41. The molecular formula is C21H29ClN8O3S2. The van der Waals surface area contributed by atoms with Gasteiger partial charge in [0.25, 0.3) is 0 Å². The first kappa shape index (κ1) is 27.2. The van der Waals surface area contributed by atoms with Crippen LogP contribution in [0, 0.1) is 0 Å². The quantitative estimate of drug-likeness (QED) is 0.0931. The lowest BCUT2D eigenvalue weighted by Gasteiger charge is -2.29. The van der Waals surface area contributed by atoms with Crippen molar-refractivity contribution in [2.24, 2.45) is 11.6 Å². The summed E-state index contributed by atoms with van der Waals surface area (Å²) in [6, 6.07) is 1.75. The number of nitrogens with one attached hydrogen (secondary N) is 1. The van der Waals surface area contributed by atoms with Crippen LogP contribution in [0.5, 0.6) is 0 Å². The zero-order valence-electron chi connectivity index (χ0n) is 19.3. The molecule has 0 saturated carbocycles. The second-order valence-corrected chi connectivity index (χ2v) is 9.92. The van der Waals surface area contributed by atoms with Gasteiger partial charge in [-0.15, -0.1) is 11.3 Å². The second-order valence-electron chi connectivity index (χ2n) is 7.45. The Kier molecular flexibility index (Phi) is 10.2. The fraction of sp³-hybridized carbons (Fsp3) is 0.381. The van der Waals surface area contributed by atoms with Gasteiger partial charge in [-0.3, -0.25) is 4.98 Å². The summed E-state index contributed by atoms with van der Waals surface area (Å²) >= 11 is 8.76. The van der Waals surface area contributed by atoms with E-state index in [0.717, 1.165) is 0 Å². The number of nitrogen functional groups attached to an aromatic ring is 1. The highest BCUT2D eigenvalue weighted by molar-refractivity contribution is 8.00. The van der Waals surface area contributed by atoms with Crippen molar-refractivity contribution in [2.45, 2.75) is 36.4 Å². The van der Waals surface area contributed by atoms with Gasteiger partial charge in [0.1, 0.15) is 22.9 Å². The molecule has 0 spiro atoms. The molecule has 8 N–H and O–H groups in total. The van der Waals surface area contributed by atoms with Crippen LogP contribution in [0.15, 0.2) is 41.1 Å². The topological polar surface area (TPSA) is 174 Å². The van der Waals surface area contributed by atoms with E-state index in [-0.39, 0.29) is 12.6 Å². The van der Waals surface area contributed by atoms with E-state index in [4.69, 9.17) is 38.4 Å². The average Bonchev–Trinajstić information content (AvgIpc) is 3.49. The van der Waals surface area contributed by atoms with E-state index in [2.05, 4.69) is 19.9 Å². The number of halogens is 1. The highest BCUT2D eigenvalue weighted by Crippen LogP contribution is 2.35. The molecule has 0 bridgehead atoms. The normalized spacial score (nSPS) is 14.6. The molecule has 3 aromatic rings. The Labute approximate surface area is 216 Å². The van der Waals surface area contributed by atoms with Gasteiger partial charge in [-0.1, -0.05) is 23.4 Å². The monoisotopic (exact) mass is 540 g/mol. The number of thioether (sulfide) groups is 1. The summed E-state index contributed by atoms with van der Waals surface area (Å²) in [6.07, 6.45) is 5.03. The number of rotatable bonds is 13. The number of nitrogens with zero attached hydrogens (tertiary/aromatic N) is 4. The van der Waals surface area contributed by atoms with Crippen LogP contribution < -0.4 is 17.3 Å². The van der Waals surface area contributed by atoms with Crippen LogP contribution in [0.3, 0.4) is 0 Å². The Morgan fingerprint density at radius 1 is 1.43 bits per heavy atom. The van der Waals surface area contributed by atoms with Crippen LogP contribution >= 0.6 is 34.7 Å². The molecule has 3 atom stereocenters. The number of hydrazine groups is 1. The van der Waals surface area contributed by atoms with Crippen molar-refractivity contribution in [1.82, 2.24) is 24.9 Å². The lowest BCUT2D eigenvalue weighted by molar-refractivity contribution is -0.0594. The smallest absolute Gasteiger partial charge is 0.180 e. The van der Waals surface area contributed by atoms with Crippen molar-refractivity contribution in [3.05, 3.63) is 47.0 Å². The Balaban J connectivity index is 1.80. The first-order valence-electron chi connectivity index (χ1n) is 10.7. The van der Waals surface area contributed by atoms with Gasteiger partial charge in [-0.25, -0.2) is 15.8 Å². The van der Waals surface area contributed by atoms with E-state index >= 15 is 0 Å². The summed E-state index contributed by atoms with van der Waals surface area (Å²) in [6.45, 7) is 4.70. The maximum atomic E-state index is 11.1. The molecule has 190 valence electrons. The zero-order valence-corrected chi connectivity index (χ0v) is 21.7. The van der Waals surface area contributed by atoms with Crippen LogP contribution in [-0.2, 0) is 9.47 Å². The summed E-state index contributed by atoms with van der Waals surface area (Å²) in [7, 11) is 0. The molecular weight excluding hydrogens is 512 g/mol. The molecule has 14 heteroatoms. The molecule has 0 radical (unpaired) electrons. The van der Waals surface area contributed by atoms with Crippen molar-refractivity contribution in [3.63, 3.8) is 0 Å². The molecule has 3 heterocycles. The molecule has 3 aromatic heterocycles. The molecule has 3 rings (SSSR count). The summed E-state index contributed by atoms with van der Waals surface area (Å²) in [5, 5.41) is 15.0. The van der Waals surface area contributed by atoms with Gasteiger partial charge in [-0.2, -0.15) is 0 Å². The number of anilines is 1. The van der Waals surface area contributed by atoms with E-state index in [1.807, 2.05) is 13.8 Å². The van der Waals surface area contributed by atoms with Crippen molar-refractivity contribution < 1.29 is 14.6 Å². The van der Waals surface area contributed by atoms with Gasteiger partial charge in [0.05, 0.1) is 30.0 Å². The largest absolute Gasteiger partial charge is 0.396 e. The Morgan fingerprint density at radius 2 is 2.23 bits per heavy atom. The van der Waals surface area contributed by atoms with E-state index in [0.29, 0.717) is 51.2 Å². The Hall–Kier alpha value is -2.39. The molecule has 0 aliphatic rings. The minimum Gasteiger partial charge on any atom is -0.396 e. The van der Waals surface area contributed by atoms with Crippen LogP contribution in [-0.4, -0.2) is 67.5 Å². The minimum atomic E-state index is -1.03. The predicted octanol–water partition coefficient (Wildman–Crippen LogP) is 2.52. The van der Waals surface area contributed by atoms with Gasteiger partial charge in [-0.05, 0) is 19.9 Å². The number of H-pyrrole nitrogens is 1. The number of imidazole rings is 1. The van der Waals surface area contributed by atoms with E-state index in [9.17, 15) is 5.11 Å². The summed E-state index contributed by atoms with van der Waals surface area (Å²) in [5.41, 5.74) is 12.4. The number of thiazole rings is 1. The van der Waals surface area contributed by atoms with Gasteiger partial charge in [0.15, 0.2) is 11.0 Å². The van der Waals surface area contributed by atoms with E-state index in [1.165, 1.54) is 40.5 Å². The van der Waals surface area contributed by atoms with Gasteiger partial charge in [0, 0.05) is 41.7 Å². The highest BCUT2D eigenvalue weighted by atomic mass is 35.5. The number of aliphatic hydroxyl groups is 1. The Bertz CT molecular complexity index is 1100. The third-order valence-corrected chi connectivity index (χ3v) is 6.65. The molecule has 0 saturated heterocycles. The predicted molar refractivity (Wildman–Crippen MR) is 139 cm³/mol. The molecule has 0 aromatic carbocycles. The summed E-state index contributed by atoms with van der Waals surface area (Å²) < 4.78 is 11.6. The van der Waals surface area contributed by atoms with Crippen LogP contribution in [0.1, 0.15) is 19.5 Å². The molecule has 2 unspecified atom stereocenters. The SMILES string of the molecule is CCOCC(C)OC(Sc1cc(Cl)cnc1-c1ncc[nH]1)[C@@H](O)CN(N)/C=C(\N)c1csc(N)n1. The van der Waals surface area contributed by atoms with Crippen molar-refractivity contribution >= 4 is 45.5 Å². The van der Waals surface area contributed by atoms with Gasteiger partial charge in [0.2, 0.25) is 0 Å². The second kappa shape index (κ2) is 13.1. The summed E-state index contributed by atoms with van der Waals surface area (Å²) in [4.78, 5) is 16.5. The number of nitrogens with two attached hydrogens (primary N) is 3. The number of ether oxygens (including phenoxy) is 2. The maximum absolute atomic E-state index is 11.1. The maximum Gasteiger partial charge on any atom is 0.180 e. The molecule has 0 amide bonds. The highest BCUT2D eigenvalue weighted by Gasteiger charge is 2.27. The molecule has 11 nitrogen and oxygen atoms in total. The average molecular weight is 541 g/mol. The van der Waals surface area contributed by atoms with Gasteiger partial charge < -0.3 is 36.0 Å². The third kappa shape index (κ3) is 8.07. The van der Waals surface area contributed by atoms with Crippen molar-refractivity contribution in [2.75, 3.05) is 25.5 Å². The van der Waals surface area contributed by atoms with Crippen LogP contribution in [0.2, 0.25) is 5.02 Å². The van der Waals surface area contributed by atoms with E-state index < -0.39 is 11.5 Å². The first-order chi connectivity index (χ1) is 16.8. The lowest BCUT2D eigenvalue weighted by atomic mass is 10.3. The van der Waals surface area contributed by atoms with Crippen molar-refractivity contribution in [3.8, 4) is 11.5 Å². The minimum absolute atomic E-state index is 0.0173. The van der Waals surface area contributed by atoms with Crippen LogP contribution in [0.4, 0.5) is 5.13 Å². The third-order valence-electron chi connectivity index (χ3n) is 4.54. The number of hydrogen-bond acceptors (Lipinski definition) is 12. The number of hydrogen-bond donors (Lipinski definition) is 5. The molecule has 0 fully saturated rings. The number of pyridine rings is 1. The van der Waals surface area contributed by atoms with Gasteiger partial charge >= 0.3 is 0 Å². The molecule has 35 heavy (non-hydrogen) atoms. The number of aromatic amines is 1. The fourth-order valence-corrected chi connectivity index (χ4v) is 4.97. The fourth-order valence-electron chi connectivity index (χ4n) is 2.98.